The first-order chi connectivity index (χ1) is 6.16. The fraction of sp³-hybridized carbons (Fsp3) is 0.667. The van der Waals surface area contributed by atoms with Crippen molar-refractivity contribution >= 4 is 18.0 Å². The van der Waals surface area contributed by atoms with Crippen molar-refractivity contribution in [2.24, 2.45) is 0 Å². The van der Waals surface area contributed by atoms with Crippen LogP contribution in [0.15, 0.2) is 0 Å². The van der Waals surface area contributed by atoms with E-state index in [9.17, 15) is 14.4 Å². The first-order valence-electron chi connectivity index (χ1n) is 4.17. The third-order valence-corrected chi connectivity index (χ3v) is 1.42. The summed E-state index contributed by atoms with van der Waals surface area (Å²) in [5.41, 5.74) is 0. The lowest BCUT2D eigenvalue weighted by molar-refractivity contribution is -0.141. The maximum atomic E-state index is 10.8. The van der Waals surface area contributed by atoms with E-state index in [-0.39, 0.29) is 18.2 Å². The minimum Gasteiger partial charge on any atom is -0.466 e. The molecule has 0 saturated carbocycles. The maximum absolute atomic E-state index is 10.8. The Bertz CT molecular complexity index is 186. The summed E-state index contributed by atoms with van der Waals surface area (Å²) in [6.45, 7) is 1.68. The second kappa shape index (κ2) is 7.46. The summed E-state index contributed by atoms with van der Waals surface area (Å²) in [7, 11) is 0. The number of ketones is 1. The van der Waals surface area contributed by atoms with Gasteiger partial charge in [0.25, 0.3) is 0 Å². The normalized spacial score (nSPS) is 9.31. The van der Waals surface area contributed by atoms with E-state index >= 15 is 0 Å². The highest BCUT2D eigenvalue weighted by Gasteiger charge is 2.00. The monoisotopic (exact) mass is 185 g/mol. The van der Waals surface area contributed by atoms with Crippen molar-refractivity contribution in [2.75, 3.05) is 6.61 Å². The second-order valence-electron chi connectivity index (χ2n) is 2.66. The molecule has 0 aliphatic carbocycles. The highest BCUT2D eigenvalue weighted by Crippen LogP contribution is 1.98. The second-order valence-corrected chi connectivity index (χ2v) is 2.66. The highest BCUT2D eigenvalue weighted by molar-refractivity contribution is 5.89. The van der Waals surface area contributed by atoms with Crippen molar-refractivity contribution in [2.45, 2.75) is 32.6 Å². The molecular formula is C9H13O4. The van der Waals surface area contributed by atoms with Gasteiger partial charge in [-0.3, -0.25) is 14.4 Å². The van der Waals surface area contributed by atoms with Gasteiger partial charge < -0.3 is 4.74 Å². The van der Waals surface area contributed by atoms with E-state index in [4.69, 9.17) is 0 Å². The van der Waals surface area contributed by atoms with Crippen LogP contribution in [0, 0.1) is 0 Å². The molecule has 4 heteroatoms. The minimum atomic E-state index is -0.312. The van der Waals surface area contributed by atoms with Crippen LogP contribution in [0.2, 0.25) is 0 Å². The van der Waals surface area contributed by atoms with Crippen LogP contribution in [0.3, 0.4) is 0 Å². The Balaban J connectivity index is 3.20. The molecule has 0 aromatic heterocycles. The third-order valence-electron chi connectivity index (χ3n) is 1.42. The lowest BCUT2D eigenvalue weighted by atomic mass is 10.1. The van der Waals surface area contributed by atoms with Gasteiger partial charge >= 0.3 is 5.97 Å². The maximum Gasteiger partial charge on any atom is 0.302 e. The molecular weight excluding hydrogens is 172 g/mol. The van der Waals surface area contributed by atoms with Crippen LogP contribution < -0.4 is 0 Å². The van der Waals surface area contributed by atoms with Crippen LogP contribution in [0.25, 0.3) is 0 Å². The van der Waals surface area contributed by atoms with Crippen LogP contribution in [0.4, 0.5) is 0 Å². The van der Waals surface area contributed by atoms with Crippen molar-refractivity contribution < 1.29 is 19.1 Å². The first kappa shape index (κ1) is 11.8. The fourth-order valence-electron chi connectivity index (χ4n) is 0.809. The summed E-state index contributed by atoms with van der Waals surface area (Å²) in [6.07, 6.45) is 3.07. The Morgan fingerprint density at radius 3 is 2.54 bits per heavy atom. The van der Waals surface area contributed by atoms with Crippen molar-refractivity contribution in [3.63, 3.8) is 0 Å². The Labute approximate surface area is 77.3 Å². The Morgan fingerprint density at radius 2 is 2.00 bits per heavy atom. The molecule has 0 fully saturated rings. The Hall–Kier alpha value is -1.19. The van der Waals surface area contributed by atoms with Gasteiger partial charge in [-0.1, -0.05) is 0 Å². The number of hydrogen-bond acceptors (Lipinski definition) is 4. The molecule has 0 atom stereocenters. The standard InChI is InChI=1S/C9H13O4/c1-8(11)13-7-3-2-4-9(12)5-6-10/h2-5,7H2,1H3. The largest absolute Gasteiger partial charge is 0.466 e. The average Bonchev–Trinajstić information content (AvgIpc) is 2.03. The molecule has 0 aromatic rings. The van der Waals surface area contributed by atoms with Gasteiger partial charge in [0, 0.05) is 13.3 Å². The zero-order chi connectivity index (χ0) is 10.1. The van der Waals surface area contributed by atoms with Gasteiger partial charge in [-0.25, -0.2) is 0 Å². The van der Waals surface area contributed by atoms with Gasteiger partial charge in [0.05, 0.1) is 13.0 Å². The minimum absolute atomic E-state index is 0.113. The highest BCUT2D eigenvalue weighted by atomic mass is 16.5. The van der Waals surface area contributed by atoms with Crippen molar-refractivity contribution in [1.82, 2.24) is 0 Å². The molecule has 0 amide bonds. The van der Waals surface area contributed by atoms with Crippen LogP contribution in [-0.4, -0.2) is 24.6 Å². The number of esters is 1. The summed E-state index contributed by atoms with van der Waals surface area (Å²) in [5.74, 6) is -0.426. The van der Waals surface area contributed by atoms with Gasteiger partial charge in [0.15, 0.2) is 0 Å². The fourth-order valence-corrected chi connectivity index (χ4v) is 0.809. The van der Waals surface area contributed by atoms with E-state index in [1.165, 1.54) is 6.92 Å². The lowest BCUT2D eigenvalue weighted by Gasteiger charge is -1.99. The molecule has 13 heavy (non-hydrogen) atoms. The molecule has 0 aliphatic heterocycles. The third kappa shape index (κ3) is 8.72. The molecule has 1 radical (unpaired) electrons. The number of carbonyl (C=O) groups is 2. The molecule has 73 valence electrons. The Kier molecular flexibility index (Phi) is 6.78. The molecule has 0 unspecified atom stereocenters. The van der Waals surface area contributed by atoms with E-state index in [0.29, 0.717) is 25.9 Å². The number of hydrogen-bond donors (Lipinski definition) is 0. The molecule has 0 heterocycles. The summed E-state index contributed by atoms with van der Waals surface area (Å²) in [5, 5.41) is 0. The summed E-state index contributed by atoms with van der Waals surface area (Å²) < 4.78 is 4.66. The van der Waals surface area contributed by atoms with Gasteiger partial charge in [-0.15, -0.1) is 0 Å². The predicted octanol–water partition coefficient (Wildman–Crippen LogP) is 0.789. The van der Waals surface area contributed by atoms with Gasteiger partial charge in [0.1, 0.15) is 5.78 Å². The van der Waals surface area contributed by atoms with Crippen LogP contribution in [0.5, 0.6) is 0 Å². The van der Waals surface area contributed by atoms with E-state index < -0.39 is 0 Å². The van der Waals surface area contributed by atoms with E-state index in [1.807, 2.05) is 0 Å². The van der Waals surface area contributed by atoms with Gasteiger partial charge in [0.2, 0.25) is 6.29 Å². The number of ether oxygens (including phenoxy) is 1. The lowest BCUT2D eigenvalue weighted by Crippen LogP contribution is -2.02. The summed E-state index contributed by atoms with van der Waals surface area (Å²) in [6, 6.07) is 0. The zero-order valence-electron chi connectivity index (χ0n) is 7.67. The molecule has 4 nitrogen and oxygen atoms in total. The molecule has 0 saturated heterocycles. The zero-order valence-corrected chi connectivity index (χ0v) is 7.67. The number of Topliss-reactive ketones (excluding diaryl/α,β-unsaturated/α-hetero) is 1. The Morgan fingerprint density at radius 1 is 1.31 bits per heavy atom. The first-order valence-corrected chi connectivity index (χ1v) is 4.17. The van der Waals surface area contributed by atoms with Crippen molar-refractivity contribution in [3.05, 3.63) is 0 Å². The van der Waals surface area contributed by atoms with Crippen LogP contribution in [-0.2, 0) is 19.1 Å². The van der Waals surface area contributed by atoms with Gasteiger partial charge in [-0.05, 0) is 12.8 Å². The van der Waals surface area contributed by atoms with Crippen LogP contribution in [0.1, 0.15) is 32.6 Å². The molecule has 0 bridgehead atoms. The quantitative estimate of drug-likeness (QED) is 0.334. The van der Waals surface area contributed by atoms with E-state index in [1.54, 1.807) is 6.29 Å². The summed E-state index contributed by atoms with van der Waals surface area (Å²) in [4.78, 5) is 30.9. The number of rotatable bonds is 7. The molecule has 0 N–H and O–H groups in total. The topological polar surface area (TPSA) is 60.4 Å². The van der Waals surface area contributed by atoms with Crippen LogP contribution >= 0.6 is 0 Å². The van der Waals surface area contributed by atoms with Crippen molar-refractivity contribution in [1.29, 1.82) is 0 Å². The van der Waals surface area contributed by atoms with E-state index in [0.717, 1.165) is 0 Å². The molecule has 0 aromatic carbocycles. The predicted molar refractivity (Wildman–Crippen MR) is 45.8 cm³/mol. The molecule has 0 rings (SSSR count). The average molecular weight is 185 g/mol. The summed E-state index contributed by atoms with van der Waals surface area (Å²) >= 11 is 0. The van der Waals surface area contributed by atoms with Crippen molar-refractivity contribution in [3.8, 4) is 0 Å². The molecule has 0 spiro atoms. The SMILES string of the molecule is CC(=O)OCCCCC(=O)C[C]=O. The number of carbonyl (C=O) groups excluding carboxylic acids is 3. The smallest absolute Gasteiger partial charge is 0.302 e. The van der Waals surface area contributed by atoms with E-state index in [2.05, 4.69) is 4.74 Å². The molecule has 0 aliphatic rings. The number of unbranched alkanes of at least 4 members (excludes halogenated alkanes) is 1. The van der Waals surface area contributed by atoms with Gasteiger partial charge in [-0.2, -0.15) is 0 Å².